The fourth-order valence-corrected chi connectivity index (χ4v) is 5.98. The van der Waals surface area contributed by atoms with Crippen molar-refractivity contribution in [1.29, 1.82) is 0 Å². The number of nitrogens with zero attached hydrogens (tertiary/aromatic N) is 2. The summed E-state index contributed by atoms with van der Waals surface area (Å²) >= 11 is 1.20. The molecule has 0 amide bonds. The third-order valence-corrected chi connectivity index (χ3v) is 7.46. The van der Waals surface area contributed by atoms with Gasteiger partial charge in [-0.05, 0) is 61.8 Å². The van der Waals surface area contributed by atoms with Gasteiger partial charge in [-0.1, -0.05) is 43.2 Å². The van der Waals surface area contributed by atoms with Crippen molar-refractivity contribution in [3.63, 3.8) is 0 Å². The molecule has 3 fully saturated rings. The summed E-state index contributed by atoms with van der Waals surface area (Å²) in [4.78, 5) is 0. The van der Waals surface area contributed by atoms with Crippen LogP contribution in [0.1, 0.15) is 62.8 Å². The smallest absolute Gasteiger partial charge is 0.291 e. The molecule has 2 bridgehead atoms. The Morgan fingerprint density at radius 2 is 1.78 bits per heavy atom. The highest BCUT2D eigenvalue weighted by Gasteiger charge is 2.41. The van der Waals surface area contributed by atoms with Crippen LogP contribution in [-0.2, 0) is 0 Å². The summed E-state index contributed by atoms with van der Waals surface area (Å²) in [6, 6.07) is 10.8. The van der Waals surface area contributed by atoms with Gasteiger partial charge in [-0.15, -0.1) is 8.75 Å². The van der Waals surface area contributed by atoms with E-state index in [9.17, 15) is 0 Å². The Labute approximate surface area is 165 Å². The highest BCUT2D eigenvalue weighted by atomic mass is 32.1. The molecule has 0 spiro atoms. The van der Waals surface area contributed by atoms with Crippen molar-refractivity contribution in [2.75, 3.05) is 6.61 Å². The monoisotopic (exact) mass is 384 g/mol. The SMILES string of the molecule is c1ccc(C(COc2nsnc2O[C@@H]2C[C@H]3CC[C@@H]2C3)C2CCCC2)cc1. The second-order valence-corrected chi connectivity index (χ2v) is 9.11. The molecule has 1 aromatic carbocycles. The van der Waals surface area contributed by atoms with Crippen LogP contribution in [0, 0.1) is 17.8 Å². The van der Waals surface area contributed by atoms with Crippen molar-refractivity contribution in [3.8, 4) is 11.8 Å². The molecule has 0 saturated heterocycles. The van der Waals surface area contributed by atoms with Crippen LogP contribution in [0.3, 0.4) is 0 Å². The van der Waals surface area contributed by atoms with E-state index in [0.29, 0.717) is 42.2 Å². The van der Waals surface area contributed by atoms with Crippen molar-refractivity contribution in [2.24, 2.45) is 17.8 Å². The van der Waals surface area contributed by atoms with Gasteiger partial charge < -0.3 is 9.47 Å². The van der Waals surface area contributed by atoms with Crippen molar-refractivity contribution in [1.82, 2.24) is 8.75 Å². The summed E-state index contributed by atoms with van der Waals surface area (Å²) in [6.07, 6.45) is 10.8. The van der Waals surface area contributed by atoms with E-state index >= 15 is 0 Å². The number of fused-ring (bicyclic) bond motifs is 2. The van der Waals surface area contributed by atoms with Crippen LogP contribution in [0.2, 0.25) is 0 Å². The molecule has 0 aliphatic heterocycles. The van der Waals surface area contributed by atoms with E-state index in [4.69, 9.17) is 9.47 Å². The van der Waals surface area contributed by atoms with Crippen LogP contribution in [0.15, 0.2) is 30.3 Å². The second-order valence-electron chi connectivity index (χ2n) is 8.58. The first-order valence-electron chi connectivity index (χ1n) is 10.5. The molecule has 5 heteroatoms. The van der Waals surface area contributed by atoms with E-state index in [-0.39, 0.29) is 0 Å². The van der Waals surface area contributed by atoms with E-state index in [1.807, 2.05) is 0 Å². The number of rotatable bonds is 7. The molecule has 144 valence electrons. The Hall–Kier alpha value is -1.62. The third kappa shape index (κ3) is 3.71. The van der Waals surface area contributed by atoms with Gasteiger partial charge in [0.15, 0.2) is 0 Å². The molecule has 4 nitrogen and oxygen atoms in total. The second kappa shape index (κ2) is 7.78. The summed E-state index contributed by atoms with van der Waals surface area (Å²) in [5, 5.41) is 0. The molecular weight excluding hydrogens is 356 g/mol. The maximum absolute atomic E-state index is 6.26. The number of ether oxygens (including phenoxy) is 2. The van der Waals surface area contributed by atoms with Gasteiger partial charge in [0.05, 0.1) is 18.3 Å². The van der Waals surface area contributed by atoms with Gasteiger partial charge in [-0.2, -0.15) is 0 Å². The van der Waals surface area contributed by atoms with Gasteiger partial charge in [0.25, 0.3) is 11.8 Å². The first kappa shape index (κ1) is 17.5. The van der Waals surface area contributed by atoms with E-state index in [1.54, 1.807) is 0 Å². The third-order valence-electron chi connectivity index (χ3n) is 6.96. The lowest BCUT2D eigenvalue weighted by atomic mass is 9.85. The van der Waals surface area contributed by atoms with Crippen LogP contribution in [-0.4, -0.2) is 21.5 Å². The highest BCUT2D eigenvalue weighted by molar-refractivity contribution is 6.99. The van der Waals surface area contributed by atoms with Crippen LogP contribution in [0.4, 0.5) is 0 Å². The normalized spacial score (nSPS) is 28.5. The lowest BCUT2D eigenvalue weighted by Gasteiger charge is -2.24. The summed E-state index contributed by atoms with van der Waals surface area (Å²) in [6.45, 7) is 0.660. The number of hydrogen-bond donors (Lipinski definition) is 0. The topological polar surface area (TPSA) is 44.2 Å². The van der Waals surface area contributed by atoms with Crippen molar-refractivity contribution in [2.45, 2.75) is 63.4 Å². The molecule has 4 atom stereocenters. The van der Waals surface area contributed by atoms with Crippen molar-refractivity contribution >= 4 is 11.7 Å². The molecule has 1 aromatic heterocycles. The van der Waals surface area contributed by atoms with Crippen LogP contribution in [0.5, 0.6) is 11.8 Å². The molecule has 2 aromatic rings. The fourth-order valence-electron chi connectivity index (χ4n) is 5.54. The summed E-state index contributed by atoms with van der Waals surface area (Å²) in [5.74, 6) is 3.91. The van der Waals surface area contributed by atoms with Crippen molar-refractivity contribution < 1.29 is 9.47 Å². The molecule has 5 rings (SSSR count). The standard InChI is InChI=1S/C22H28N2O2S/c1-2-6-16(7-3-1)19(17-8-4-5-9-17)14-25-21-22(24-27-23-21)26-20-13-15-10-11-18(20)12-15/h1-3,6-7,15,17-20H,4-5,8-14H2/t15-,18+,19?,20+/m0/s1. The predicted octanol–water partition coefficient (Wildman–Crippen LogP) is 5.46. The van der Waals surface area contributed by atoms with Gasteiger partial charge in [-0.3, -0.25) is 0 Å². The zero-order chi connectivity index (χ0) is 18.1. The maximum atomic E-state index is 6.26. The average Bonchev–Trinajstić information content (AvgIpc) is 3.49. The molecule has 3 aliphatic carbocycles. The van der Waals surface area contributed by atoms with Gasteiger partial charge in [0.2, 0.25) is 0 Å². The Bertz CT molecular complexity index is 744. The lowest BCUT2D eigenvalue weighted by molar-refractivity contribution is 0.124. The van der Waals surface area contributed by atoms with Gasteiger partial charge in [0.1, 0.15) is 6.10 Å². The van der Waals surface area contributed by atoms with E-state index in [2.05, 4.69) is 39.1 Å². The van der Waals surface area contributed by atoms with Gasteiger partial charge in [-0.25, -0.2) is 0 Å². The Morgan fingerprint density at radius 3 is 2.52 bits per heavy atom. The molecule has 0 radical (unpaired) electrons. The summed E-state index contributed by atoms with van der Waals surface area (Å²) in [5.41, 5.74) is 1.38. The molecule has 27 heavy (non-hydrogen) atoms. The molecule has 0 N–H and O–H groups in total. The average molecular weight is 385 g/mol. The first-order chi connectivity index (χ1) is 13.4. The Kier molecular flexibility index (Phi) is 5.04. The minimum atomic E-state index is 0.315. The van der Waals surface area contributed by atoms with Crippen LogP contribution >= 0.6 is 11.7 Å². The first-order valence-corrected chi connectivity index (χ1v) is 11.3. The number of hydrogen-bond acceptors (Lipinski definition) is 5. The van der Waals surface area contributed by atoms with E-state index in [1.165, 1.54) is 68.7 Å². The maximum Gasteiger partial charge on any atom is 0.291 e. The van der Waals surface area contributed by atoms with E-state index < -0.39 is 0 Å². The summed E-state index contributed by atoms with van der Waals surface area (Å²) < 4.78 is 21.3. The van der Waals surface area contributed by atoms with Crippen molar-refractivity contribution in [3.05, 3.63) is 35.9 Å². The molecular formula is C22H28N2O2S. The fraction of sp³-hybridized carbons (Fsp3) is 0.636. The van der Waals surface area contributed by atoms with E-state index in [0.717, 1.165) is 5.92 Å². The van der Waals surface area contributed by atoms with Gasteiger partial charge in [0, 0.05) is 5.92 Å². The molecule has 1 unspecified atom stereocenters. The molecule has 1 heterocycles. The Morgan fingerprint density at radius 1 is 0.963 bits per heavy atom. The summed E-state index contributed by atoms with van der Waals surface area (Å²) in [7, 11) is 0. The van der Waals surface area contributed by atoms with Gasteiger partial charge >= 0.3 is 0 Å². The Balaban J connectivity index is 1.26. The number of benzene rings is 1. The quantitative estimate of drug-likeness (QED) is 0.636. The minimum absolute atomic E-state index is 0.315. The zero-order valence-corrected chi connectivity index (χ0v) is 16.6. The highest BCUT2D eigenvalue weighted by Crippen LogP contribution is 2.46. The zero-order valence-electron chi connectivity index (χ0n) is 15.8. The molecule has 3 aliphatic rings. The van der Waals surface area contributed by atoms with Crippen LogP contribution in [0.25, 0.3) is 0 Å². The van der Waals surface area contributed by atoms with Crippen LogP contribution < -0.4 is 9.47 Å². The predicted molar refractivity (Wildman–Crippen MR) is 106 cm³/mol. The lowest BCUT2D eigenvalue weighted by Crippen LogP contribution is -2.24. The largest absolute Gasteiger partial charge is 0.473 e. The minimum Gasteiger partial charge on any atom is -0.473 e. The number of aromatic nitrogens is 2. The molecule has 3 saturated carbocycles.